The fraction of sp³-hybridized carbons (Fsp3) is 0.600. The molecule has 3 fully saturated rings. The van der Waals surface area contributed by atoms with Gasteiger partial charge in [0.15, 0.2) is 11.6 Å². The van der Waals surface area contributed by atoms with Gasteiger partial charge in [0.25, 0.3) is 0 Å². The van der Waals surface area contributed by atoms with Gasteiger partial charge in [0.2, 0.25) is 5.91 Å². The molecule has 0 bridgehead atoms. The third-order valence-corrected chi connectivity index (χ3v) is 14.5. The zero-order valence-corrected chi connectivity index (χ0v) is 29.9. The summed E-state index contributed by atoms with van der Waals surface area (Å²) in [5, 5.41) is 10.0. The first-order valence-electron chi connectivity index (χ1n) is 17.7. The standard InChI is InChI=1S/C40H45F3N4O3/c1-34(2)11-13-39(33(50)47-21-27(46-22-47)24-20-45-15-9-25(24)40(41,42)43)14-12-38(7)31(26(39)18-34)28(48)16-30-36(5)17-23(19-44)32(49)35(3,4)29(36)8-10-37(30,38)6/h9,15-17,20-22,26,29,31H,8,10-14,18H2,1-7H3/t26?,29?,31-,36-,37+,38+,39-/m0/s1. The summed E-state index contributed by atoms with van der Waals surface area (Å²) in [5.74, 6) is -1.21. The molecule has 2 heterocycles. The smallest absolute Gasteiger partial charge is 0.295 e. The number of carbonyl (C=O) groups is 3. The Morgan fingerprint density at radius 3 is 2.40 bits per heavy atom. The molecule has 0 spiro atoms. The lowest BCUT2D eigenvalue weighted by molar-refractivity contribution is -0.164. The number of aromatic nitrogens is 3. The van der Waals surface area contributed by atoms with E-state index >= 15 is 0 Å². The fourth-order valence-electron chi connectivity index (χ4n) is 11.7. The van der Waals surface area contributed by atoms with Crippen molar-refractivity contribution in [1.29, 1.82) is 5.26 Å². The fourth-order valence-corrected chi connectivity index (χ4v) is 11.7. The number of nitriles is 1. The van der Waals surface area contributed by atoms with Crippen LogP contribution in [0, 0.1) is 61.6 Å². The Kier molecular flexibility index (Phi) is 7.32. The SMILES string of the molecule is CC1(C)CC[C@]2(C(=O)n3cnc(-c4cnccc4C(F)(F)F)c3)CC[C@]3(C)[C@H](C(=O)C=C4[C@@]5(C)C=C(C#N)C(=O)C(C)(C)C5CC[C@]43C)C2C1. The van der Waals surface area contributed by atoms with E-state index in [0.717, 1.165) is 43.3 Å². The highest BCUT2D eigenvalue weighted by Gasteiger charge is 2.71. The van der Waals surface area contributed by atoms with Gasteiger partial charge in [-0.1, -0.05) is 60.1 Å². The number of rotatable bonds is 2. The summed E-state index contributed by atoms with van der Waals surface area (Å²) in [6, 6.07) is 3.06. The van der Waals surface area contributed by atoms with Crippen molar-refractivity contribution >= 4 is 17.5 Å². The number of ketones is 2. The maximum atomic E-state index is 14.8. The molecule has 2 aromatic heterocycles. The molecule has 0 N–H and O–H groups in total. The molecule has 0 aromatic carbocycles. The van der Waals surface area contributed by atoms with Crippen molar-refractivity contribution in [3.63, 3.8) is 0 Å². The van der Waals surface area contributed by atoms with Crippen LogP contribution in [0.1, 0.15) is 104 Å². The van der Waals surface area contributed by atoms with E-state index in [1.807, 2.05) is 26.0 Å². The second-order valence-electron chi connectivity index (χ2n) is 17.8. The van der Waals surface area contributed by atoms with Crippen molar-refractivity contribution in [3.8, 4) is 17.3 Å². The minimum absolute atomic E-state index is 0.0143. The lowest BCUT2D eigenvalue weighted by Gasteiger charge is -2.69. The van der Waals surface area contributed by atoms with Crippen LogP contribution in [0.15, 0.2) is 54.3 Å². The quantitative estimate of drug-likeness (QED) is 0.313. The van der Waals surface area contributed by atoms with Crippen LogP contribution in [0.5, 0.6) is 0 Å². The van der Waals surface area contributed by atoms with Crippen LogP contribution >= 0.6 is 0 Å². The number of alkyl halides is 3. The van der Waals surface area contributed by atoms with Crippen molar-refractivity contribution in [2.45, 2.75) is 99.6 Å². The minimum Gasteiger partial charge on any atom is -0.295 e. The van der Waals surface area contributed by atoms with Gasteiger partial charge in [-0.15, -0.1) is 0 Å². The van der Waals surface area contributed by atoms with Crippen LogP contribution in [0.3, 0.4) is 0 Å². The predicted octanol–water partition coefficient (Wildman–Crippen LogP) is 8.82. The molecule has 2 unspecified atom stereocenters. The maximum Gasteiger partial charge on any atom is 0.417 e. The molecule has 0 amide bonds. The van der Waals surface area contributed by atoms with Crippen molar-refractivity contribution in [1.82, 2.24) is 14.5 Å². The topological polar surface area (TPSA) is 106 Å². The molecule has 3 saturated carbocycles. The molecular weight excluding hydrogens is 641 g/mol. The van der Waals surface area contributed by atoms with Gasteiger partial charge in [0.1, 0.15) is 12.4 Å². The monoisotopic (exact) mass is 686 g/mol. The number of pyridine rings is 1. The number of carbonyl (C=O) groups excluding carboxylic acids is 3. The molecule has 0 saturated heterocycles. The zero-order valence-electron chi connectivity index (χ0n) is 29.9. The number of hydrogen-bond donors (Lipinski definition) is 0. The lowest BCUT2D eigenvalue weighted by atomic mass is 9.34. The third-order valence-electron chi connectivity index (χ3n) is 14.5. The van der Waals surface area contributed by atoms with E-state index in [0.29, 0.717) is 25.7 Å². The van der Waals surface area contributed by atoms with Crippen molar-refractivity contribution < 1.29 is 27.6 Å². The van der Waals surface area contributed by atoms with Crippen molar-refractivity contribution in [2.75, 3.05) is 0 Å². The van der Waals surface area contributed by atoms with E-state index in [4.69, 9.17) is 0 Å². The molecule has 7 rings (SSSR count). The van der Waals surface area contributed by atoms with Gasteiger partial charge < -0.3 is 0 Å². The summed E-state index contributed by atoms with van der Waals surface area (Å²) < 4.78 is 43.0. The van der Waals surface area contributed by atoms with Crippen LogP contribution in [-0.2, 0) is 15.8 Å². The van der Waals surface area contributed by atoms with Gasteiger partial charge in [-0.05, 0) is 85.2 Å². The van der Waals surface area contributed by atoms with Gasteiger partial charge in [0, 0.05) is 40.9 Å². The van der Waals surface area contributed by atoms with Crippen LogP contribution in [0.25, 0.3) is 11.3 Å². The molecule has 50 heavy (non-hydrogen) atoms. The number of fused-ring (bicyclic) bond motifs is 7. The summed E-state index contributed by atoms with van der Waals surface area (Å²) >= 11 is 0. The number of nitrogens with zero attached hydrogens (tertiary/aromatic N) is 4. The number of imidazole rings is 1. The summed E-state index contributed by atoms with van der Waals surface area (Å²) in [5.41, 5.74) is -3.31. The molecule has 2 aromatic rings. The normalized spacial score (nSPS) is 37.3. The first-order chi connectivity index (χ1) is 23.2. The number of Topliss-reactive ketones (excluding diaryl/α,β-unsaturated/α-hetero) is 1. The Labute approximate surface area is 291 Å². The first kappa shape index (κ1) is 34.6. The van der Waals surface area contributed by atoms with Crippen molar-refractivity contribution in [2.24, 2.45) is 50.2 Å². The van der Waals surface area contributed by atoms with E-state index in [1.165, 1.54) is 17.1 Å². The lowest BCUT2D eigenvalue weighted by Crippen LogP contribution is -2.66. The highest BCUT2D eigenvalue weighted by Crippen LogP contribution is 2.74. The van der Waals surface area contributed by atoms with Crippen LogP contribution in [0.2, 0.25) is 0 Å². The Balaban J connectivity index is 1.33. The Hall–Kier alpha value is -3.87. The number of allylic oxidation sites excluding steroid dienone is 4. The largest absolute Gasteiger partial charge is 0.417 e. The van der Waals surface area contributed by atoms with E-state index in [2.05, 4.69) is 50.7 Å². The van der Waals surface area contributed by atoms with Gasteiger partial charge in [-0.25, -0.2) is 4.98 Å². The molecule has 7 nitrogen and oxygen atoms in total. The summed E-state index contributed by atoms with van der Waals surface area (Å²) in [6.07, 6.45) is 8.60. The molecule has 7 atom stereocenters. The highest BCUT2D eigenvalue weighted by atomic mass is 19.4. The molecule has 264 valence electrons. The maximum absolute atomic E-state index is 14.8. The molecule has 0 radical (unpaired) electrons. The number of halogens is 3. The molecule has 5 aliphatic carbocycles. The molecule has 0 aliphatic heterocycles. The predicted molar refractivity (Wildman–Crippen MR) is 180 cm³/mol. The van der Waals surface area contributed by atoms with Crippen LogP contribution in [0.4, 0.5) is 13.2 Å². The van der Waals surface area contributed by atoms with E-state index in [9.17, 15) is 32.8 Å². The minimum atomic E-state index is -4.62. The summed E-state index contributed by atoms with van der Waals surface area (Å²) in [7, 11) is 0. The second-order valence-corrected chi connectivity index (χ2v) is 17.8. The highest BCUT2D eigenvalue weighted by molar-refractivity contribution is 6.04. The summed E-state index contributed by atoms with van der Waals surface area (Å²) in [6.45, 7) is 14.8. The van der Waals surface area contributed by atoms with Gasteiger partial charge in [0.05, 0.1) is 22.2 Å². The number of hydrogen-bond acceptors (Lipinski definition) is 6. The van der Waals surface area contributed by atoms with Crippen LogP contribution < -0.4 is 0 Å². The Bertz CT molecular complexity index is 1950. The average molecular weight is 687 g/mol. The zero-order chi connectivity index (χ0) is 36.4. The Morgan fingerprint density at radius 1 is 1.02 bits per heavy atom. The Morgan fingerprint density at radius 2 is 1.72 bits per heavy atom. The average Bonchev–Trinajstić information content (AvgIpc) is 3.53. The second kappa shape index (κ2) is 10.6. The third kappa shape index (κ3) is 4.50. The van der Waals surface area contributed by atoms with E-state index < -0.39 is 44.7 Å². The molecular formula is C40H45F3N4O3. The molecule has 10 heteroatoms. The van der Waals surface area contributed by atoms with Gasteiger partial charge in [-0.3, -0.25) is 23.9 Å². The van der Waals surface area contributed by atoms with E-state index in [-0.39, 0.29) is 51.6 Å². The molecule has 5 aliphatic rings. The van der Waals surface area contributed by atoms with Gasteiger partial charge >= 0.3 is 6.18 Å². The van der Waals surface area contributed by atoms with Gasteiger partial charge in [-0.2, -0.15) is 18.4 Å². The van der Waals surface area contributed by atoms with Crippen molar-refractivity contribution in [3.05, 3.63) is 59.8 Å². The van der Waals surface area contributed by atoms with E-state index in [1.54, 1.807) is 0 Å². The van der Waals surface area contributed by atoms with Crippen LogP contribution in [-0.4, -0.2) is 32.0 Å². The first-order valence-corrected chi connectivity index (χ1v) is 17.7. The summed E-state index contributed by atoms with van der Waals surface area (Å²) in [4.78, 5) is 51.2.